The summed E-state index contributed by atoms with van der Waals surface area (Å²) in [6.45, 7) is 1.70. The van der Waals surface area contributed by atoms with Crippen LogP contribution in [0.3, 0.4) is 0 Å². The molecule has 1 aliphatic rings. The number of amides is 2. The molecule has 4 aromatic rings. The van der Waals surface area contributed by atoms with E-state index in [9.17, 15) is 14.7 Å². The zero-order valence-corrected chi connectivity index (χ0v) is 18.1. The van der Waals surface area contributed by atoms with Gasteiger partial charge in [-0.1, -0.05) is 5.16 Å². The number of hydrogen-bond acceptors (Lipinski definition) is 9. The Hall–Kier alpha value is -4.29. The third-order valence-electron chi connectivity index (χ3n) is 5.69. The Balaban J connectivity index is 1.34. The molecule has 5 rings (SSSR count). The number of aromatic nitrogens is 4. The highest BCUT2D eigenvalue weighted by Gasteiger charge is 2.51. The normalized spacial score (nSPS) is 19.4. The van der Waals surface area contributed by atoms with Crippen molar-refractivity contribution in [2.24, 2.45) is 0 Å². The molecule has 4 N–H and O–H groups in total. The van der Waals surface area contributed by atoms with Gasteiger partial charge in [-0.05, 0) is 31.2 Å². The largest absolute Gasteiger partial charge is 0.380 e. The van der Waals surface area contributed by atoms with Crippen molar-refractivity contribution in [3.8, 4) is 5.69 Å². The lowest BCUT2D eigenvalue weighted by Gasteiger charge is -2.40. The van der Waals surface area contributed by atoms with E-state index in [0.29, 0.717) is 22.5 Å². The Kier molecular flexibility index (Phi) is 5.23. The second-order valence-corrected chi connectivity index (χ2v) is 7.91. The lowest BCUT2D eigenvalue weighted by Crippen LogP contribution is -2.63. The first-order chi connectivity index (χ1) is 16.4. The third-order valence-corrected chi connectivity index (χ3v) is 5.69. The number of aliphatic hydroxyl groups is 1. The van der Waals surface area contributed by atoms with E-state index in [4.69, 9.17) is 15.0 Å². The van der Waals surface area contributed by atoms with Crippen LogP contribution in [-0.4, -0.2) is 61.7 Å². The van der Waals surface area contributed by atoms with Gasteiger partial charge in [0.05, 0.1) is 30.4 Å². The van der Waals surface area contributed by atoms with Crippen LogP contribution >= 0.6 is 0 Å². The number of nitrogens with two attached hydrogens (primary N) is 1. The number of ether oxygens (including phenoxy) is 1. The maximum Gasteiger partial charge on any atom is 0.263 e. The molecule has 4 heterocycles. The molecule has 1 aliphatic heterocycles. The standard InChI is InChI=1S/C22H21N7O5/c1-22(18(30)20(31)25-13-4-5-15-16(11-13)34-27-19(15)23)21(32)28(9-10-33-22)17-6-8-29(26-17)14-3-2-7-24-12-14/h2-8,11-12,18,30H,9-10H2,1H3,(H2,23,27)(H,25,31)/t18-,22+/m0/s1. The van der Waals surface area contributed by atoms with Crippen LogP contribution in [0, 0.1) is 0 Å². The van der Waals surface area contributed by atoms with E-state index in [1.54, 1.807) is 47.5 Å². The van der Waals surface area contributed by atoms with Crippen LogP contribution in [0.15, 0.2) is 59.5 Å². The van der Waals surface area contributed by atoms with Crippen LogP contribution in [0.25, 0.3) is 16.7 Å². The van der Waals surface area contributed by atoms with Crippen LogP contribution in [-0.2, 0) is 14.3 Å². The first-order valence-corrected chi connectivity index (χ1v) is 10.4. The highest BCUT2D eigenvalue weighted by atomic mass is 16.5. The summed E-state index contributed by atoms with van der Waals surface area (Å²) in [5, 5.41) is 22.1. The van der Waals surface area contributed by atoms with Gasteiger partial charge in [0.25, 0.3) is 11.8 Å². The Bertz CT molecular complexity index is 1370. The Morgan fingerprint density at radius 2 is 2.18 bits per heavy atom. The highest BCUT2D eigenvalue weighted by molar-refractivity contribution is 6.06. The number of nitrogen functional groups attached to an aromatic ring is 1. The van der Waals surface area contributed by atoms with E-state index in [-0.39, 0.29) is 19.0 Å². The van der Waals surface area contributed by atoms with Gasteiger partial charge < -0.3 is 25.4 Å². The molecule has 1 fully saturated rings. The molecule has 1 aromatic carbocycles. The van der Waals surface area contributed by atoms with Crippen molar-refractivity contribution in [1.29, 1.82) is 0 Å². The van der Waals surface area contributed by atoms with Crippen molar-refractivity contribution < 1.29 is 24.0 Å². The minimum atomic E-state index is -1.82. The molecule has 2 atom stereocenters. The van der Waals surface area contributed by atoms with Gasteiger partial charge in [-0.2, -0.15) is 0 Å². The van der Waals surface area contributed by atoms with Crippen molar-refractivity contribution >= 4 is 40.1 Å². The van der Waals surface area contributed by atoms with Gasteiger partial charge in [0.15, 0.2) is 28.9 Å². The fourth-order valence-electron chi connectivity index (χ4n) is 3.78. The molecule has 3 aromatic heterocycles. The highest BCUT2D eigenvalue weighted by Crippen LogP contribution is 2.29. The number of nitrogens with one attached hydrogen (secondary N) is 1. The zero-order valence-electron chi connectivity index (χ0n) is 18.1. The summed E-state index contributed by atoms with van der Waals surface area (Å²) < 4.78 is 12.3. The maximum atomic E-state index is 13.3. The summed E-state index contributed by atoms with van der Waals surface area (Å²) in [6, 6.07) is 10.0. The molecule has 2 amide bonds. The zero-order chi connectivity index (χ0) is 23.9. The van der Waals surface area contributed by atoms with Crippen molar-refractivity contribution in [3.05, 3.63) is 55.0 Å². The molecule has 1 saturated heterocycles. The van der Waals surface area contributed by atoms with Crippen molar-refractivity contribution in [3.63, 3.8) is 0 Å². The summed E-state index contributed by atoms with van der Waals surface area (Å²) in [6.07, 6.45) is 3.19. The number of nitrogens with zero attached hydrogens (tertiary/aromatic N) is 5. The number of morpholine rings is 1. The number of pyridine rings is 1. The van der Waals surface area contributed by atoms with Gasteiger partial charge in [0, 0.05) is 30.2 Å². The van der Waals surface area contributed by atoms with Crippen LogP contribution < -0.4 is 16.0 Å². The molecule has 0 aliphatic carbocycles. The summed E-state index contributed by atoms with van der Waals surface area (Å²) in [4.78, 5) is 31.6. The maximum absolute atomic E-state index is 13.3. The second-order valence-electron chi connectivity index (χ2n) is 7.91. The van der Waals surface area contributed by atoms with Gasteiger partial charge in [0.2, 0.25) is 0 Å². The lowest BCUT2D eigenvalue weighted by molar-refractivity contribution is -0.170. The van der Waals surface area contributed by atoms with Crippen LogP contribution in [0.1, 0.15) is 6.92 Å². The quantitative estimate of drug-likeness (QED) is 0.394. The number of carbonyl (C=O) groups is 2. The molecule has 0 radical (unpaired) electrons. The summed E-state index contributed by atoms with van der Waals surface area (Å²) in [5.74, 6) is -0.807. The van der Waals surface area contributed by atoms with Crippen molar-refractivity contribution in [1.82, 2.24) is 19.9 Å². The number of carbonyl (C=O) groups excluding carboxylic acids is 2. The van der Waals surface area contributed by atoms with E-state index >= 15 is 0 Å². The monoisotopic (exact) mass is 463 g/mol. The van der Waals surface area contributed by atoms with Gasteiger partial charge in [-0.25, -0.2) is 4.68 Å². The second kappa shape index (κ2) is 8.24. The first-order valence-electron chi connectivity index (χ1n) is 10.4. The van der Waals surface area contributed by atoms with Gasteiger partial charge in [0.1, 0.15) is 0 Å². The molecule has 34 heavy (non-hydrogen) atoms. The minimum Gasteiger partial charge on any atom is -0.380 e. The van der Waals surface area contributed by atoms with E-state index in [0.717, 1.165) is 5.69 Å². The molecule has 12 nitrogen and oxygen atoms in total. The lowest BCUT2D eigenvalue weighted by atomic mass is 9.94. The molecular formula is C22H21N7O5. The van der Waals surface area contributed by atoms with Crippen LogP contribution in [0.2, 0.25) is 0 Å². The molecule has 12 heteroatoms. The van der Waals surface area contributed by atoms with Gasteiger partial charge >= 0.3 is 0 Å². The van der Waals surface area contributed by atoms with Crippen molar-refractivity contribution in [2.45, 2.75) is 18.6 Å². The Morgan fingerprint density at radius 3 is 2.97 bits per heavy atom. The predicted molar refractivity (Wildman–Crippen MR) is 121 cm³/mol. The number of anilines is 3. The SMILES string of the molecule is C[C@]1([C@@H](O)C(=O)Nc2ccc3c(N)noc3c2)OCCN(c2ccn(-c3cccnc3)n2)C1=O. The summed E-state index contributed by atoms with van der Waals surface area (Å²) >= 11 is 0. The van der Waals surface area contributed by atoms with Crippen LogP contribution in [0.4, 0.5) is 17.3 Å². The first kappa shape index (κ1) is 21.6. The number of hydrogen-bond donors (Lipinski definition) is 3. The molecule has 0 saturated carbocycles. The molecule has 0 bridgehead atoms. The number of benzene rings is 1. The smallest absolute Gasteiger partial charge is 0.263 e. The Labute approximate surface area is 192 Å². The number of fused-ring (bicyclic) bond motifs is 1. The van der Waals surface area contributed by atoms with E-state index in [1.165, 1.54) is 17.9 Å². The van der Waals surface area contributed by atoms with Crippen molar-refractivity contribution in [2.75, 3.05) is 29.1 Å². The number of aliphatic hydroxyl groups excluding tert-OH is 1. The number of rotatable bonds is 5. The average molecular weight is 463 g/mol. The Morgan fingerprint density at radius 1 is 1.32 bits per heavy atom. The van der Waals surface area contributed by atoms with Gasteiger partial charge in [-0.3, -0.25) is 19.5 Å². The predicted octanol–water partition coefficient (Wildman–Crippen LogP) is 1.11. The fraction of sp³-hybridized carbons (Fsp3) is 0.227. The topological polar surface area (TPSA) is 162 Å². The van der Waals surface area contributed by atoms with E-state index in [2.05, 4.69) is 20.6 Å². The average Bonchev–Trinajstić information content (AvgIpc) is 3.48. The van der Waals surface area contributed by atoms with E-state index < -0.39 is 23.5 Å². The molecular weight excluding hydrogens is 442 g/mol. The fourth-order valence-corrected chi connectivity index (χ4v) is 3.78. The molecule has 0 spiro atoms. The van der Waals surface area contributed by atoms with E-state index in [1.807, 2.05) is 6.07 Å². The molecule has 174 valence electrons. The summed E-state index contributed by atoms with van der Waals surface area (Å²) in [5.41, 5.74) is 5.32. The molecule has 0 unspecified atom stereocenters. The third kappa shape index (κ3) is 3.64. The summed E-state index contributed by atoms with van der Waals surface area (Å²) in [7, 11) is 0. The van der Waals surface area contributed by atoms with Crippen LogP contribution in [0.5, 0.6) is 0 Å². The minimum absolute atomic E-state index is 0.107. The van der Waals surface area contributed by atoms with Gasteiger partial charge in [-0.15, -0.1) is 5.10 Å².